The Morgan fingerprint density at radius 3 is 1.02 bits per heavy atom. The normalized spacial score (nSPS) is 11.1. The molecule has 0 fully saturated rings. The predicted molar refractivity (Wildman–Crippen MR) is 218 cm³/mol. The number of rotatable bonds is 7. The summed E-state index contributed by atoms with van der Waals surface area (Å²) in [5, 5.41) is 5.02. The van der Waals surface area contributed by atoms with Crippen molar-refractivity contribution >= 4 is 38.6 Å². The Labute approximate surface area is 299 Å². The predicted octanol–water partition coefficient (Wildman–Crippen LogP) is 14.1. The van der Waals surface area contributed by atoms with E-state index in [1.165, 1.54) is 66.1 Å². The molecule has 1 nitrogen and oxygen atoms in total. The van der Waals surface area contributed by atoms with Gasteiger partial charge in [-0.15, -0.1) is 0 Å². The van der Waals surface area contributed by atoms with Crippen molar-refractivity contribution in [3.63, 3.8) is 0 Å². The van der Waals surface area contributed by atoms with Crippen LogP contribution in [0.4, 0.5) is 17.1 Å². The summed E-state index contributed by atoms with van der Waals surface area (Å²) in [6.45, 7) is 0. The third kappa shape index (κ3) is 5.96. The summed E-state index contributed by atoms with van der Waals surface area (Å²) in [6, 6.07) is 76.6. The SMILES string of the molecule is c1ccc(-c2cc(-c3ccc(N(c4ccccc4)c4ccc(-c5cc(-c6ccccc6)c6ccccc6c5)cc4)cc3)cc3ccccc23)cc1. The van der Waals surface area contributed by atoms with Crippen LogP contribution in [0, 0.1) is 0 Å². The van der Waals surface area contributed by atoms with Gasteiger partial charge in [-0.2, -0.15) is 0 Å². The quantitative estimate of drug-likeness (QED) is 0.166. The van der Waals surface area contributed by atoms with E-state index in [1.54, 1.807) is 0 Å². The first-order valence-corrected chi connectivity index (χ1v) is 17.5. The third-order valence-electron chi connectivity index (χ3n) is 9.83. The maximum atomic E-state index is 2.33. The van der Waals surface area contributed by atoms with Crippen LogP contribution in [0.2, 0.25) is 0 Å². The molecule has 0 spiro atoms. The zero-order chi connectivity index (χ0) is 34.0. The number of hydrogen-bond donors (Lipinski definition) is 0. The number of hydrogen-bond acceptors (Lipinski definition) is 1. The topological polar surface area (TPSA) is 3.24 Å². The van der Waals surface area contributed by atoms with Gasteiger partial charge in [0.25, 0.3) is 0 Å². The maximum Gasteiger partial charge on any atom is 0.0462 e. The Morgan fingerprint density at radius 1 is 0.235 bits per heavy atom. The minimum atomic E-state index is 1.11. The van der Waals surface area contributed by atoms with Crippen molar-refractivity contribution in [3.8, 4) is 44.5 Å². The van der Waals surface area contributed by atoms with Gasteiger partial charge in [0.2, 0.25) is 0 Å². The first-order chi connectivity index (χ1) is 25.3. The van der Waals surface area contributed by atoms with Crippen molar-refractivity contribution in [2.75, 3.05) is 4.90 Å². The number of anilines is 3. The van der Waals surface area contributed by atoms with Crippen LogP contribution < -0.4 is 4.90 Å². The molecular formula is C50H35N. The summed E-state index contributed by atoms with van der Waals surface area (Å²) >= 11 is 0. The van der Waals surface area contributed by atoms with Crippen molar-refractivity contribution in [2.24, 2.45) is 0 Å². The molecule has 0 unspecified atom stereocenters. The van der Waals surface area contributed by atoms with Crippen LogP contribution in [0.5, 0.6) is 0 Å². The summed E-state index contributed by atoms with van der Waals surface area (Å²) in [5.74, 6) is 0. The van der Waals surface area contributed by atoms with E-state index in [2.05, 4.69) is 217 Å². The van der Waals surface area contributed by atoms with Gasteiger partial charge in [-0.3, -0.25) is 0 Å². The highest BCUT2D eigenvalue weighted by atomic mass is 15.1. The van der Waals surface area contributed by atoms with Crippen LogP contribution in [0.25, 0.3) is 66.1 Å². The Bertz CT molecular complexity index is 2420. The molecular weight excluding hydrogens is 615 g/mol. The lowest BCUT2D eigenvalue weighted by atomic mass is 9.93. The molecule has 1 heteroatoms. The van der Waals surface area contributed by atoms with E-state index in [0.717, 1.165) is 17.1 Å². The van der Waals surface area contributed by atoms with Crippen LogP contribution in [0.15, 0.2) is 212 Å². The van der Waals surface area contributed by atoms with E-state index in [4.69, 9.17) is 0 Å². The van der Waals surface area contributed by atoms with E-state index in [0.29, 0.717) is 0 Å². The molecule has 0 heterocycles. The van der Waals surface area contributed by atoms with Gasteiger partial charge >= 0.3 is 0 Å². The minimum absolute atomic E-state index is 1.11. The highest BCUT2D eigenvalue weighted by Gasteiger charge is 2.15. The first-order valence-electron chi connectivity index (χ1n) is 17.5. The number of nitrogens with zero attached hydrogens (tertiary/aromatic N) is 1. The third-order valence-corrected chi connectivity index (χ3v) is 9.83. The average Bonchev–Trinajstić information content (AvgIpc) is 3.22. The molecule has 0 saturated carbocycles. The molecule has 0 N–H and O–H groups in total. The highest BCUT2D eigenvalue weighted by Crippen LogP contribution is 2.40. The molecule has 0 aliphatic rings. The molecule has 0 saturated heterocycles. The van der Waals surface area contributed by atoms with Crippen molar-refractivity contribution in [1.82, 2.24) is 0 Å². The maximum absolute atomic E-state index is 2.33. The van der Waals surface area contributed by atoms with Crippen LogP contribution in [-0.2, 0) is 0 Å². The summed E-state index contributed by atoms with van der Waals surface area (Å²) in [6.07, 6.45) is 0. The molecule has 0 bridgehead atoms. The van der Waals surface area contributed by atoms with Crippen LogP contribution >= 0.6 is 0 Å². The molecule has 0 aliphatic carbocycles. The van der Waals surface area contributed by atoms with Gasteiger partial charge < -0.3 is 4.90 Å². The van der Waals surface area contributed by atoms with Crippen LogP contribution in [-0.4, -0.2) is 0 Å². The molecule has 9 aromatic rings. The Kier molecular flexibility index (Phi) is 7.92. The second-order valence-corrected chi connectivity index (χ2v) is 13.0. The van der Waals surface area contributed by atoms with Crippen molar-refractivity contribution < 1.29 is 0 Å². The van der Waals surface area contributed by atoms with Gasteiger partial charge in [0, 0.05) is 17.1 Å². The second-order valence-electron chi connectivity index (χ2n) is 13.0. The molecule has 51 heavy (non-hydrogen) atoms. The highest BCUT2D eigenvalue weighted by molar-refractivity contribution is 6.01. The van der Waals surface area contributed by atoms with Crippen molar-refractivity contribution in [3.05, 3.63) is 212 Å². The number of benzene rings is 9. The molecule has 9 rings (SSSR count). The van der Waals surface area contributed by atoms with Gasteiger partial charge in [0.15, 0.2) is 0 Å². The van der Waals surface area contributed by atoms with E-state index in [1.807, 2.05) is 0 Å². The summed E-state index contributed by atoms with van der Waals surface area (Å²) in [7, 11) is 0. The lowest BCUT2D eigenvalue weighted by molar-refractivity contribution is 1.28. The van der Waals surface area contributed by atoms with Crippen LogP contribution in [0.1, 0.15) is 0 Å². The fourth-order valence-corrected chi connectivity index (χ4v) is 7.30. The van der Waals surface area contributed by atoms with Gasteiger partial charge in [-0.05, 0) is 127 Å². The van der Waals surface area contributed by atoms with E-state index in [9.17, 15) is 0 Å². The molecule has 240 valence electrons. The Hall–Kier alpha value is -6.70. The molecule has 0 amide bonds. The minimum Gasteiger partial charge on any atom is -0.311 e. The summed E-state index contributed by atoms with van der Waals surface area (Å²) in [4.78, 5) is 2.33. The smallest absolute Gasteiger partial charge is 0.0462 e. The van der Waals surface area contributed by atoms with Gasteiger partial charge in [-0.25, -0.2) is 0 Å². The first kappa shape index (κ1) is 30.4. The lowest BCUT2D eigenvalue weighted by Crippen LogP contribution is -2.09. The second kappa shape index (κ2) is 13.3. The molecule has 0 aliphatic heterocycles. The summed E-state index contributed by atoms with van der Waals surface area (Å²) < 4.78 is 0. The van der Waals surface area contributed by atoms with Gasteiger partial charge in [-0.1, -0.05) is 152 Å². The molecule has 9 aromatic carbocycles. The van der Waals surface area contributed by atoms with E-state index >= 15 is 0 Å². The Morgan fingerprint density at radius 2 is 0.588 bits per heavy atom. The van der Waals surface area contributed by atoms with Crippen molar-refractivity contribution in [1.29, 1.82) is 0 Å². The van der Waals surface area contributed by atoms with E-state index < -0.39 is 0 Å². The van der Waals surface area contributed by atoms with Gasteiger partial charge in [0.1, 0.15) is 0 Å². The monoisotopic (exact) mass is 649 g/mol. The molecule has 0 atom stereocenters. The van der Waals surface area contributed by atoms with Crippen molar-refractivity contribution in [2.45, 2.75) is 0 Å². The number of para-hydroxylation sites is 1. The molecule has 0 aromatic heterocycles. The zero-order valence-electron chi connectivity index (χ0n) is 28.2. The largest absolute Gasteiger partial charge is 0.311 e. The van der Waals surface area contributed by atoms with Gasteiger partial charge in [0.05, 0.1) is 0 Å². The summed E-state index contributed by atoms with van der Waals surface area (Å²) in [5.41, 5.74) is 13.1. The zero-order valence-corrected chi connectivity index (χ0v) is 28.2. The molecule has 0 radical (unpaired) electrons. The fraction of sp³-hybridized carbons (Fsp3) is 0. The average molecular weight is 650 g/mol. The lowest BCUT2D eigenvalue weighted by Gasteiger charge is -2.26. The standard InChI is InChI=1S/C50H35N/c1-4-14-38(15-5-1)49-34-42(32-40-18-10-12-22-47(40)49)36-24-28-45(29-25-36)51(44-20-8-3-9-21-44)46-30-26-37(27-31-46)43-33-41-19-11-13-23-48(41)50(35-43)39-16-6-2-7-17-39/h1-35H. The number of fused-ring (bicyclic) bond motifs is 2. The van der Waals surface area contributed by atoms with Crippen LogP contribution in [0.3, 0.4) is 0 Å². The van der Waals surface area contributed by atoms with E-state index in [-0.39, 0.29) is 0 Å². The fourth-order valence-electron chi connectivity index (χ4n) is 7.30. The Balaban J connectivity index is 1.09.